The summed E-state index contributed by atoms with van der Waals surface area (Å²) in [7, 11) is 0. The summed E-state index contributed by atoms with van der Waals surface area (Å²) in [6, 6.07) is 3.95. The maximum atomic E-state index is 12.1. The van der Waals surface area contributed by atoms with Crippen molar-refractivity contribution in [2.45, 2.75) is 32.2 Å². The molecule has 0 radical (unpaired) electrons. The van der Waals surface area contributed by atoms with E-state index in [0.717, 1.165) is 24.4 Å². The second-order valence-electron chi connectivity index (χ2n) is 4.92. The topological polar surface area (TPSA) is 68.7 Å². The standard InChI is InChI=1S/C14H22N2O3/c1-11-5-6-13(19-11)3-2-4-14(17)16-7-8-18-10-12(16)9-15/h5-6,12H,2-4,7-10,15H2,1H3. The number of hydrogen-bond acceptors (Lipinski definition) is 4. The fraction of sp³-hybridized carbons (Fsp3) is 0.643. The van der Waals surface area contributed by atoms with Gasteiger partial charge in [-0.05, 0) is 25.5 Å². The van der Waals surface area contributed by atoms with Crippen LogP contribution in [-0.2, 0) is 16.0 Å². The Morgan fingerprint density at radius 3 is 3.05 bits per heavy atom. The van der Waals surface area contributed by atoms with Gasteiger partial charge in [0.05, 0.1) is 19.3 Å². The largest absolute Gasteiger partial charge is 0.466 e. The van der Waals surface area contributed by atoms with Crippen molar-refractivity contribution in [1.29, 1.82) is 0 Å². The number of nitrogens with two attached hydrogens (primary N) is 1. The van der Waals surface area contributed by atoms with E-state index in [2.05, 4.69) is 0 Å². The fourth-order valence-electron chi connectivity index (χ4n) is 2.36. The molecule has 0 spiro atoms. The lowest BCUT2D eigenvalue weighted by molar-refractivity contribution is -0.139. The Kier molecular flexibility index (Phi) is 4.99. The van der Waals surface area contributed by atoms with E-state index in [1.807, 2.05) is 24.0 Å². The van der Waals surface area contributed by atoms with Crippen LogP contribution in [0.25, 0.3) is 0 Å². The first kappa shape index (κ1) is 14.1. The van der Waals surface area contributed by atoms with Gasteiger partial charge in [-0.1, -0.05) is 0 Å². The molecule has 5 nitrogen and oxygen atoms in total. The van der Waals surface area contributed by atoms with Crippen molar-refractivity contribution in [3.63, 3.8) is 0 Å². The minimum absolute atomic E-state index is 0.0344. The summed E-state index contributed by atoms with van der Waals surface area (Å²) >= 11 is 0. The third-order valence-electron chi connectivity index (χ3n) is 3.43. The van der Waals surface area contributed by atoms with Gasteiger partial charge in [-0.25, -0.2) is 0 Å². The van der Waals surface area contributed by atoms with Gasteiger partial charge in [0, 0.05) is 25.9 Å². The summed E-state index contributed by atoms with van der Waals surface area (Å²) < 4.78 is 10.8. The molecule has 5 heteroatoms. The smallest absolute Gasteiger partial charge is 0.223 e. The molecule has 1 aromatic rings. The van der Waals surface area contributed by atoms with Crippen molar-refractivity contribution in [3.05, 3.63) is 23.7 Å². The lowest BCUT2D eigenvalue weighted by Gasteiger charge is -2.35. The van der Waals surface area contributed by atoms with Crippen molar-refractivity contribution in [2.75, 3.05) is 26.3 Å². The highest BCUT2D eigenvalue weighted by atomic mass is 16.5. The molecular formula is C14H22N2O3. The van der Waals surface area contributed by atoms with Crippen molar-refractivity contribution in [2.24, 2.45) is 5.73 Å². The molecule has 19 heavy (non-hydrogen) atoms. The predicted octanol–water partition coefficient (Wildman–Crippen LogP) is 1.10. The second-order valence-corrected chi connectivity index (χ2v) is 4.92. The van der Waals surface area contributed by atoms with E-state index in [4.69, 9.17) is 14.9 Å². The highest BCUT2D eigenvalue weighted by Crippen LogP contribution is 2.13. The Labute approximate surface area is 113 Å². The highest BCUT2D eigenvalue weighted by molar-refractivity contribution is 5.76. The molecule has 1 amide bonds. The number of nitrogens with zero attached hydrogens (tertiary/aromatic N) is 1. The molecule has 106 valence electrons. The van der Waals surface area contributed by atoms with Crippen LogP contribution in [0.3, 0.4) is 0 Å². The van der Waals surface area contributed by atoms with E-state index < -0.39 is 0 Å². The Bertz CT molecular complexity index is 417. The van der Waals surface area contributed by atoms with Crippen molar-refractivity contribution in [1.82, 2.24) is 4.90 Å². The molecule has 1 atom stereocenters. The predicted molar refractivity (Wildman–Crippen MR) is 71.8 cm³/mol. The van der Waals surface area contributed by atoms with E-state index >= 15 is 0 Å². The van der Waals surface area contributed by atoms with Crippen LogP contribution in [0.4, 0.5) is 0 Å². The monoisotopic (exact) mass is 266 g/mol. The van der Waals surface area contributed by atoms with Crippen LogP contribution in [-0.4, -0.2) is 43.2 Å². The third-order valence-corrected chi connectivity index (χ3v) is 3.43. The number of furan rings is 1. The van der Waals surface area contributed by atoms with Gasteiger partial charge in [0.25, 0.3) is 0 Å². The molecule has 0 bridgehead atoms. The van der Waals surface area contributed by atoms with E-state index in [9.17, 15) is 4.79 Å². The zero-order chi connectivity index (χ0) is 13.7. The Morgan fingerprint density at radius 2 is 2.37 bits per heavy atom. The molecule has 1 aromatic heterocycles. The van der Waals surface area contributed by atoms with Crippen LogP contribution >= 0.6 is 0 Å². The fourth-order valence-corrected chi connectivity index (χ4v) is 2.36. The maximum absolute atomic E-state index is 12.1. The first-order valence-corrected chi connectivity index (χ1v) is 6.83. The van der Waals surface area contributed by atoms with Crippen molar-refractivity contribution >= 4 is 5.91 Å². The summed E-state index contributed by atoms with van der Waals surface area (Å²) in [5, 5.41) is 0. The van der Waals surface area contributed by atoms with Crippen LogP contribution in [0, 0.1) is 6.92 Å². The maximum Gasteiger partial charge on any atom is 0.223 e. The van der Waals surface area contributed by atoms with Crippen LogP contribution in [0.15, 0.2) is 16.5 Å². The zero-order valence-electron chi connectivity index (χ0n) is 11.4. The summed E-state index contributed by atoms with van der Waals surface area (Å²) in [5.41, 5.74) is 5.67. The zero-order valence-corrected chi connectivity index (χ0v) is 11.4. The minimum atomic E-state index is 0.0344. The van der Waals surface area contributed by atoms with E-state index in [-0.39, 0.29) is 11.9 Å². The summed E-state index contributed by atoms with van der Waals surface area (Å²) in [4.78, 5) is 14.0. The van der Waals surface area contributed by atoms with Crippen molar-refractivity contribution < 1.29 is 13.9 Å². The molecule has 0 aromatic carbocycles. The molecule has 1 aliphatic heterocycles. The normalized spacial score (nSPS) is 19.7. The number of carbonyl (C=O) groups excluding carboxylic acids is 1. The quantitative estimate of drug-likeness (QED) is 0.866. The summed E-state index contributed by atoms with van der Waals surface area (Å²) in [5.74, 6) is 2.03. The number of carbonyl (C=O) groups is 1. The van der Waals surface area contributed by atoms with Crippen LogP contribution in [0.1, 0.15) is 24.4 Å². The molecule has 1 fully saturated rings. The van der Waals surface area contributed by atoms with Gasteiger partial charge in [0.1, 0.15) is 11.5 Å². The minimum Gasteiger partial charge on any atom is -0.466 e. The Balaban J connectivity index is 1.77. The lowest BCUT2D eigenvalue weighted by Crippen LogP contribution is -2.52. The van der Waals surface area contributed by atoms with Crippen LogP contribution in [0.2, 0.25) is 0 Å². The molecule has 0 aliphatic carbocycles. The van der Waals surface area contributed by atoms with Gasteiger partial charge >= 0.3 is 0 Å². The average Bonchev–Trinajstić information content (AvgIpc) is 2.84. The van der Waals surface area contributed by atoms with Gasteiger partial charge in [-0.15, -0.1) is 0 Å². The first-order chi connectivity index (χ1) is 9.20. The Hall–Kier alpha value is -1.33. The van der Waals surface area contributed by atoms with E-state index in [0.29, 0.717) is 32.7 Å². The van der Waals surface area contributed by atoms with Crippen LogP contribution < -0.4 is 5.73 Å². The molecular weight excluding hydrogens is 244 g/mol. The van der Waals surface area contributed by atoms with Gasteiger partial charge < -0.3 is 19.8 Å². The average molecular weight is 266 g/mol. The summed E-state index contributed by atoms with van der Waals surface area (Å²) in [6.45, 7) is 4.21. The Morgan fingerprint density at radius 1 is 1.53 bits per heavy atom. The molecule has 1 unspecified atom stereocenters. The number of morpholine rings is 1. The first-order valence-electron chi connectivity index (χ1n) is 6.83. The number of aryl methyl sites for hydroxylation is 2. The van der Waals surface area contributed by atoms with Gasteiger partial charge in [-0.3, -0.25) is 4.79 Å². The number of hydrogen-bond donors (Lipinski definition) is 1. The molecule has 1 saturated heterocycles. The summed E-state index contributed by atoms with van der Waals surface area (Å²) in [6.07, 6.45) is 2.15. The van der Waals surface area contributed by atoms with E-state index in [1.165, 1.54) is 0 Å². The molecule has 2 rings (SSSR count). The van der Waals surface area contributed by atoms with Gasteiger partial charge in [0.2, 0.25) is 5.91 Å². The van der Waals surface area contributed by atoms with Gasteiger partial charge in [-0.2, -0.15) is 0 Å². The number of amides is 1. The van der Waals surface area contributed by atoms with Crippen LogP contribution in [0.5, 0.6) is 0 Å². The second kappa shape index (κ2) is 6.73. The van der Waals surface area contributed by atoms with Gasteiger partial charge in [0.15, 0.2) is 0 Å². The molecule has 2 N–H and O–H groups in total. The lowest BCUT2D eigenvalue weighted by atomic mass is 10.1. The molecule has 0 saturated carbocycles. The highest BCUT2D eigenvalue weighted by Gasteiger charge is 2.25. The number of rotatable bonds is 5. The third kappa shape index (κ3) is 3.81. The van der Waals surface area contributed by atoms with E-state index in [1.54, 1.807) is 0 Å². The van der Waals surface area contributed by atoms with Crippen molar-refractivity contribution in [3.8, 4) is 0 Å². The molecule has 1 aliphatic rings. The molecule has 2 heterocycles. The number of ether oxygens (including phenoxy) is 1. The SMILES string of the molecule is Cc1ccc(CCCC(=O)N2CCOCC2CN)o1.